The smallest absolute Gasteiger partial charge is 0.307 e. The maximum atomic E-state index is 14.1. The lowest BCUT2D eigenvalue weighted by Gasteiger charge is -2.24. The topological polar surface area (TPSA) is 55.8 Å². The Balaban J connectivity index is 2.38. The molecule has 2 atom stereocenters. The van der Waals surface area contributed by atoms with Crippen molar-refractivity contribution in [2.75, 3.05) is 14.2 Å². The molecule has 0 fully saturated rings. The first-order valence-corrected chi connectivity index (χ1v) is 8.19. The van der Waals surface area contributed by atoms with Crippen molar-refractivity contribution < 1.29 is 23.8 Å². The molecular weight excluding hydrogens is 323 g/mol. The van der Waals surface area contributed by atoms with E-state index in [4.69, 9.17) is 9.47 Å². The molecule has 4 nitrogen and oxygen atoms in total. The van der Waals surface area contributed by atoms with Gasteiger partial charge in [0.2, 0.25) is 0 Å². The Kier molecular flexibility index (Phi) is 6.39. The van der Waals surface area contributed by atoms with Crippen molar-refractivity contribution in [3.63, 3.8) is 0 Å². The van der Waals surface area contributed by atoms with Crippen LogP contribution in [0.4, 0.5) is 4.39 Å². The van der Waals surface area contributed by atoms with Crippen molar-refractivity contribution in [1.82, 2.24) is 0 Å². The van der Waals surface area contributed by atoms with Crippen LogP contribution < -0.4 is 9.47 Å². The van der Waals surface area contributed by atoms with Crippen LogP contribution in [0.25, 0.3) is 0 Å². The van der Waals surface area contributed by atoms with Gasteiger partial charge in [-0.2, -0.15) is 0 Å². The van der Waals surface area contributed by atoms with E-state index in [1.807, 2.05) is 31.2 Å². The average Bonchev–Trinajstić information content (AvgIpc) is 2.61. The molecular formula is C20H23FO4. The summed E-state index contributed by atoms with van der Waals surface area (Å²) in [6, 6.07) is 12.1. The lowest BCUT2D eigenvalue weighted by Crippen LogP contribution is -2.23. The van der Waals surface area contributed by atoms with Gasteiger partial charge in [0.1, 0.15) is 5.75 Å². The van der Waals surface area contributed by atoms with Crippen LogP contribution in [0.2, 0.25) is 0 Å². The zero-order valence-electron chi connectivity index (χ0n) is 14.7. The van der Waals surface area contributed by atoms with Gasteiger partial charge in [-0.3, -0.25) is 4.79 Å². The third-order valence-electron chi connectivity index (χ3n) is 4.46. The lowest BCUT2D eigenvalue weighted by molar-refractivity contribution is -0.142. The van der Waals surface area contributed by atoms with Crippen LogP contribution in [0.1, 0.15) is 30.4 Å². The average molecular weight is 346 g/mol. The summed E-state index contributed by atoms with van der Waals surface area (Å²) < 4.78 is 24.2. The van der Waals surface area contributed by atoms with Gasteiger partial charge in [0.05, 0.1) is 20.1 Å². The minimum absolute atomic E-state index is 0.148. The van der Waals surface area contributed by atoms with Gasteiger partial charge in [0.25, 0.3) is 0 Å². The monoisotopic (exact) mass is 346 g/mol. The molecule has 0 heterocycles. The highest BCUT2D eigenvalue weighted by atomic mass is 19.1. The highest BCUT2D eigenvalue weighted by molar-refractivity contribution is 5.71. The van der Waals surface area contributed by atoms with E-state index in [0.717, 1.165) is 11.3 Å². The minimum Gasteiger partial charge on any atom is -0.497 e. The predicted octanol–water partition coefficient (Wildman–Crippen LogP) is 4.28. The van der Waals surface area contributed by atoms with E-state index in [9.17, 15) is 14.3 Å². The number of carboxylic acids is 1. The van der Waals surface area contributed by atoms with Crippen molar-refractivity contribution in [2.45, 2.75) is 25.7 Å². The molecule has 0 aliphatic carbocycles. The van der Waals surface area contributed by atoms with Gasteiger partial charge in [-0.15, -0.1) is 0 Å². The molecule has 0 aliphatic rings. The molecule has 0 amide bonds. The first-order chi connectivity index (χ1) is 12.0. The van der Waals surface area contributed by atoms with E-state index < -0.39 is 17.7 Å². The number of hydrogen-bond donors (Lipinski definition) is 1. The number of hydrogen-bond acceptors (Lipinski definition) is 3. The van der Waals surface area contributed by atoms with E-state index in [0.29, 0.717) is 18.4 Å². The van der Waals surface area contributed by atoms with Crippen LogP contribution in [0.5, 0.6) is 11.5 Å². The van der Waals surface area contributed by atoms with E-state index in [1.165, 1.54) is 13.2 Å². The van der Waals surface area contributed by atoms with E-state index >= 15 is 0 Å². The van der Waals surface area contributed by atoms with Gasteiger partial charge in [-0.1, -0.05) is 25.1 Å². The number of rotatable bonds is 8. The van der Waals surface area contributed by atoms with Gasteiger partial charge in [-0.05, 0) is 48.2 Å². The quantitative estimate of drug-likeness (QED) is 0.775. The second kappa shape index (κ2) is 8.51. The fraction of sp³-hybridized carbons (Fsp3) is 0.350. The number of benzene rings is 2. The van der Waals surface area contributed by atoms with Crippen molar-refractivity contribution >= 4 is 5.97 Å². The first kappa shape index (κ1) is 18.8. The fourth-order valence-electron chi connectivity index (χ4n) is 3.05. The number of carbonyl (C=O) groups is 1. The van der Waals surface area contributed by atoms with Gasteiger partial charge >= 0.3 is 5.97 Å². The van der Waals surface area contributed by atoms with Crippen molar-refractivity contribution in [3.8, 4) is 11.5 Å². The minimum atomic E-state index is -0.878. The molecule has 0 bridgehead atoms. The van der Waals surface area contributed by atoms with Crippen LogP contribution in [0.3, 0.4) is 0 Å². The number of ether oxygens (including phenoxy) is 2. The highest BCUT2D eigenvalue weighted by Crippen LogP contribution is 2.33. The van der Waals surface area contributed by atoms with E-state index in [2.05, 4.69) is 0 Å². The summed E-state index contributed by atoms with van der Waals surface area (Å²) in [6.07, 6.45) is 0.963. The lowest BCUT2D eigenvalue weighted by atomic mass is 9.80. The van der Waals surface area contributed by atoms with Crippen LogP contribution in [-0.4, -0.2) is 25.3 Å². The predicted molar refractivity (Wildman–Crippen MR) is 93.8 cm³/mol. The largest absolute Gasteiger partial charge is 0.497 e. The zero-order valence-corrected chi connectivity index (χ0v) is 14.7. The second-order valence-electron chi connectivity index (χ2n) is 5.91. The summed E-state index contributed by atoms with van der Waals surface area (Å²) >= 11 is 0. The molecule has 134 valence electrons. The molecule has 2 unspecified atom stereocenters. The van der Waals surface area contributed by atoms with Gasteiger partial charge in [-0.25, -0.2) is 4.39 Å². The molecule has 0 aliphatic heterocycles. The molecule has 1 N–H and O–H groups in total. The van der Waals surface area contributed by atoms with Gasteiger partial charge < -0.3 is 14.6 Å². The molecule has 0 saturated carbocycles. The standard InChI is InChI=1S/C20H23FO4/c1-4-16(20(22)23)17(11-13-5-8-15(24-2)9-6-13)14-7-10-19(25-3)18(21)12-14/h5-10,12,16-17H,4,11H2,1-3H3,(H,22,23). The molecule has 2 aromatic carbocycles. The van der Waals surface area contributed by atoms with E-state index in [-0.39, 0.29) is 11.7 Å². The Bertz CT molecular complexity index is 712. The molecule has 0 aromatic heterocycles. The van der Waals surface area contributed by atoms with Gasteiger partial charge in [0.15, 0.2) is 11.6 Å². The van der Waals surface area contributed by atoms with Crippen molar-refractivity contribution in [2.24, 2.45) is 5.92 Å². The van der Waals surface area contributed by atoms with Crippen LogP contribution in [0, 0.1) is 11.7 Å². The summed E-state index contributed by atoms with van der Waals surface area (Å²) in [5, 5.41) is 9.60. The molecule has 0 spiro atoms. The summed E-state index contributed by atoms with van der Waals surface area (Å²) in [5.41, 5.74) is 1.63. The Labute approximate surface area is 147 Å². The summed E-state index contributed by atoms with van der Waals surface area (Å²) in [6.45, 7) is 1.83. The fourth-order valence-corrected chi connectivity index (χ4v) is 3.05. The molecule has 2 rings (SSSR count). The first-order valence-electron chi connectivity index (χ1n) is 8.19. The van der Waals surface area contributed by atoms with Crippen molar-refractivity contribution in [1.29, 1.82) is 0 Å². The van der Waals surface area contributed by atoms with Crippen molar-refractivity contribution in [3.05, 3.63) is 59.4 Å². The SMILES string of the molecule is CCC(C(=O)O)C(Cc1ccc(OC)cc1)c1ccc(OC)c(F)c1. The highest BCUT2D eigenvalue weighted by Gasteiger charge is 2.29. The Morgan fingerprint density at radius 3 is 2.28 bits per heavy atom. The summed E-state index contributed by atoms with van der Waals surface area (Å²) in [4.78, 5) is 11.7. The Morgan fingerprint density at radius 1 is 1.12 bits per heavy atom. The van der Waals surface area contributed by atoms with Crippen LogP contribution >= 0.6 is 0 Å². The number of carboxylic acid groups (broad SMARTS) is 1. The number of halogens is 1. The second-order valence-corrected chi connectivity index (χ2v) is 5.91. The molecule has 25 heavy (non-hydrogen) atoms. The Hall–Kier alpha value is -2.56. The van der Waals surface area contributed by atoms with Crippen LogP contribution in [-0.2, 0) is 11.2 Å². The van der Waals surface area contributed by atoms with E-state index in [1.54, 1.807) is 19.2 Å². The number of aliphatic carboxylic acids is 1. The number of methoxy groups -OCH3 is 2. The normalized spacial score (nSPS) is 13.1. The zero-order chi connectivity index (χ0) is 18.4. The van der Waals surface area contributed by atoms with Crippen LogP contribution in [0.15, 0.2) is 42.5 Å². The third kappa shape index (κ3) is 4.50. The molecule has 0 radical (unpaired) electrons. The Morgan fingerprint density at radius 2 is 1.80 bits per heavy atom. The maximum Gasteiger partial charge on any atom is 0.307 e. The molecule has 2 aromatic rings. The maximum absolute atomic E-state index is 14.1. The summed E-state index contributed by atoms with van der Waals surface area (Å²) in [7, 11) is 2.99. The third-order valence-corrected chi connectivity index (χ3v) is 4.46. The molecule has 0 saturated heterocycles. The summed E-state index contributed by atoms with van der Waals surface area (Å²) in [5.74, 6) is -1.42. The van der Waals surface area contributed by atoms with Gasteiger partial charge in [0, 0.05) is 5.92 Å². The molecule has 5 heteroatoms.